The molecule has 1 aromatic heterocycles. The molecule has 1 saturated heterocycles. The summed E-state index contributed by atoms with van der Waals surface area (Å²) in [5.41, 5.74) is 5.78. The molecule has 36 heavy (non-hydrogen) atoms. The van der Waals surface area contributed by atoms with E-state index in [0.717, 1.165) is 22.6 Å². The smallest absolute Gasteiger partial charge is 0.250 e. The summed E-state index contributed by atoms with van der Waals surface area (Å²) in [4.78, 5) is 15.8. The lowest BCUT2D eigenvalue weighted by molar-refractivity contribution is 0.122. The summed E-state index contributed by atoms with van der Waals surface area (Å²) in [6, 6.07) is 27.6. The van der Waals surface area contributed by atoms with Crippen molar-refractivity contribution in [1.82, 2.24) is 15.0 Å². The van der Waals surface area contributed by atoms with E-state index >= 15 is 0 Å². The molecule has 0 aliphatic carbocycles. The first-order valence-corrected chi connectivity index (χ1v) is 11.8. The van der Waals surface area contributed by atoms with Crippen molar-refractivity contribution in [3.05, 3.63) is 96.1 Å². The van der Waals surface area contributed by atoms with Gasteiger partial charge in [0.25, 0.3) is 0 Å². The number of aromatic nitrogens is 3. The molecule has 5 rings (SSSR count). The van der Waals surface area contributed by atoms with Gasteiger partial charge in [-0.1, -0.05) is 60.7 Å². The average molecular weight is 482 g/mol. The molecule has 1 fully saturated rings. The van der Waals surface area contributed by atoms with E-state index in [1.54, 1.807) is 6.21 Å². The Hall–Kier alpha value is -4.50. The quantitative estimate of drug-likeness (QED) is 0.267. The minimum atomic E-state index is 0.337. The van der Waals surface area contributed by atoms with Crippen molar-refractivity contribution < 1.29 is 9.47 Å². The number of hydrazone groups is 1. The highest BCUT2D eigenvalue weighted by molar-refractivity contribution is 5.83. The molecular weight excluding hydrogens is 454 g/mol. The summed E-state index contributed by atoms with van der Waals surface area (Å²) in [5, 5.41) is 7.62. The van der Waals surface area contributed by atoms with E-state index in [-0.39, 0.29) is 0 Å². The van der Waals surface area contributed by atoms with Gasteiger partial charge in [-0.25, -0.2) is 5.43 Å². The zero-order valence-corrected chi connectivity index (χ0v) is 19.7. The minimum Gasteiger partial charge on any atom is -0.488 e. The van der Waals surface area contributed by atoms with Crippen LogP contribution in [0.4, 0.5) is 23.5 Å². The van der Waals surface area contributed by atoms with Crippen molar-refractivity contribution in [2.75, 3.05) is 41.9 Å². The number of hydrogen-bond donors (Lipinski definition) is 2. The Morgan fingerprint density at radius 1 is 0.833 bits per heavy atom. The highest BCUT2D eigenvalue weighted by Gasteiger charge is 2.16. The van der Waals surface area contributed by atoms with Crippen LogP contribution in [-0.4, -0.2) is 47.5 Å². The van der Waals surface area contributed by atoms with Crippen LogP contribution in [0, 0.1) is 0 Å². The number of rotatable bonds is 9. The van der Waals surface area contributed by atoms with Crippen LogP contribution in [0.15, 0.2) is 90.0 Å². The van der Waals surface area contributed by atoms with Crippen molar-refractivity contribution in [1.29, 1.82) is 0 Å². The van der Waals surface area contributed by atoms with Gasteiger partial charge in [0.05, 0.1) is 19.4 Å². The second kappa shape index (κ2) is 11.8. The maximum absolute atomic E-state index is 6.02. The number of benzene rings is 3. The van der Waals surface area contributed by atoms with Crippen molar-refractivity contribution in [2.24, 2.45) is 5.10 Å². The molecule has 0 unspecified atom stereocenters. The SMILES string of the molecule is C(=N\Nc1nc(Nc2ccccc2)nc(N2CCOCC2)n1)/c1ccccc1OCc1ccccc1. The van der Waals surface area contributed by atoms with Gasteiger partial charge >= 0.3 is 0 Å². The topological polar surface area (TPSA) is 96.8 Å². The van der Waals surface area contributed by atoms with E-state index in [2.05, 4.69) is 35.7 Å². The Balaban J connectivity index is 1.32. The number of anilines is 4. The van der Waals surface area contributed by atoms with E-state index < -0.39 is 0 Å². The van der Waals surface area contributed by atoms with Crippen molar-refractivity contribution in [3.63, 3.8) is 0 Å². The molecule has 2 heterocycles. The van der Waals surface area contributed by atoms with Crippen LogP contribution in [0.5, 0.6) is 5.75 Å². The van der Waals surface area contributed by atoms with Gasteiger partial charge in [0.15, 0.2) is 0 Å². The van der Waals surface area contributed by atoms with Gasteiger partial charge in [0, 0.05) is 24.3 Å². The lowest BCUT2D eigenvalue weighted by Gasteiger charge is -2.27. The van der Waals surface area contributed by atoms with E-state index in [0.29, 0.717) is 50.8 Å². The Kier molecular flexibility index (Phi) is 7.60. The number of hydrogen-bond acceptors (Lipinski definition) is 9. The second-order valence-electron chi connectivity index (χ2n) is 8.06. The van der Waals surface area contributed by atoms with Crippen LogP contribution < -0.4 is 20.4 Å². The van der Waals surface area contributed by atoms with Crippen LogP contribution >= 0.6 is 0 Å². The van der Waals surface area contributed by atoms with Gasteiger partial charge in [0.1, 0.15) is 12.4 Å². The number of nitrogens with one attached hydrogen (secondary N) is 2. The lowest BCUT2D eigenvalue weighted by Crippen LogP contribution is -2.37. The summed E-state index contributed by atoms with van der Waals surface area (Å²) in [6.45, 7) is 3.17. The van der Waals surface area contributed by atoms with Gasteiger partial charge in [-0.05, 0) is 29.8 Å². The highest BCUT2D eigenvalue weighted by atomic mass is 16.5. The fraction of sp³-hybridized carbons (Fsp3) is 0.185. The van der Waals surface area contributed by atoms with Crippen LogP contribution in [0.2, 0.25) is 0 Å². The molecule has 9 nitrogen and oxygen atoms in total. The van der Waals surface area contributed by atoms with Gasteiger partial charge in [0.2, 0.25) is 17.8 Å². The zero-order valence-electron chi connectivity index (χ0n) is 19.7. The first-order chi connectivity index (χ1) is 17.8. The number of nitrogens with zero attached hydrogens (tertiary/aromatic N) is 5. The van der Waals surface area contributed by atoms with Crippen molar-refractivity contribution in [3.8, 4) is 5.75 Å². The molecule has 4 aromatic rings. The number of morpholine rings is 1. The third-order valence-corrected chi connectivity index (χ3v) is 5.47. The largest absolute Gasteiger partial charge is 0.488 e. The molecule has 0 bridgehead atoms. The molecule has 0 atom stereocenters. The van der Waals surface area contributed by atoms with E-state index in [4.69, 9.17) is 9.47 Å². The van der Waals surface area contributed by atoms with Crippen molar-refractivity contribution in [2.45, 2.75) is 6.61 Å². The zero-order chi connectivity index (χ0) is 24.4. The van der Waals surface area contributed by atoms with Gasteiger partial charge < -0.3 is 19.7 Å². The molecule has 0 amide bonds. The van der Waals surface area contributed by atoms with E-state index in [9.17, 15) is 0 Å². The Bertz CT molecular complexity index is 1280. The fourth-order valence-corrected chi connectivity index (χ4v) is 3.64. The molecule has 0 spiro atoms. The summed E-state index contributed by atoms with van der Waals surface area (Å²) in [7, 11) is 0. The highest BCUT2D eigenvalue weighted by Crippen LogP contribution is 2.20. The summed E-state index contributed by atoms with van der Waals surface area (Å²) in [6.07, 6.45) is 1.70. The first-order valence-electron chi connectivity index (χ1n) is 11.8. The number of para-hydroxylation sites is 2. The van der Waals surface area contributed by atoms with Crippen LogP contribution in [-0.2, 0) is 11.3 Å². The van der Waals surface area contributed by atoms with Gasteiger partial charge in [-0.3, -0.25) is 0 Å². The van der Waals surface area contributed by atoms with Gasteiger partial charge in [-0.15, -0.1) is 0 Å². The molecule has 2 N–H and O–H groups in total. The van der Waals surface area contributed by atoms with Crippen molar-refractivity contribution >= 4 is 29.7 Å². The van der Waals surface area contributed by atoms with E-state index in [1.807, 2.05) is 84.9 Å². The standard InChI is InChI=1S/C27H27N7O2/c1-3-9-21(10-4-1)20-36-24-14-8-7-11-22(24)19-28-33-26-30-25(29-23-12-5-2-6-13-23)31-27(32-26)34-15-17-35-18-16-34/h1-14,19H,15-18,20H2,(H2,29,30,31,32,33)/b28-19+. The monoisotopic (exact) mass is 481 g/mol. The Morgan fingerprint density at radius 3 is 2.33 bits per heavy atom. The lowest BCUT2D eigenvalue weighted by atomic mass is 10.2. The van der Waals surface area contributed by atoms with Crippen LogP contribution in [0.1, 0.15) is 11.1 Å². The predicted molar refractivity (Wildman–Crippen MR) is 141 cm³/mol. The minimum absolute atomic E-state index is 0.337. The predicted octanol–water partition coefficient (Wildman–Crippen LogP) is 4.48. The maximum Gasteiger partial charge on any atom is 0.250 e. The van der Waals surface area contributed by atoms with Crippen LogP contribution in [0.25, 0.3) is 0 Å². The average Bonchev–Trinajstić information content (AvgIpc) is 2.94. The second-order valence-corrected chi connectivity index (χ2v) is 8.06. The Labute approximate surface area is 209 Å². The molecule has 0 saturated carbocycles. The normalized spacial score (nSPS) is 13.5. The molecule has 9 heteroatoms. The fourth-order valence-electron chi connectivity index (χ4n) is 3.64. The maximum atomic E-state index is 6.02. The van der Waals surface area contributed by atoms with E-state index in [1.165, 1.54) is 0 Å². The third-order valence-electron chi connectivity index (χ3n) is 5.47. The molecular formula is C27H27N7O2. The molecule has 3 aromatic carbocycles. The third kappa shape index (κ3) is 6.34. The molecule has 0 radical (unpaired) electrons. The van der Waals surface area contributed by atoms with Crippen LogP contribution in [0.3, 0.4) is 0 Å². The first kappa shape index (κ1) is 23.3. The Morgan fingerprint density at radius 2 is 1.53 bits per heavy atom. The summed E-state index contributed by atoms with van der Waals surface area (Å²) < 4.78 is 11.5. The molecule has 182 valence electrons. The molecule has 1 aliphatic heterocycles. The molecule has 1 aliphatic rings. The van der Waals surface area contributed by atoms with Gasteiger partial charge in [-0.2, -0.15) is 20.1 Å². The summed E-state index contributed by atoms with van der Waals surface area (Å²) in [5.74, 6) is 2.07. The number of ether oxygens (including phenoxy) is 2. The summed E-state index contributed by atoms with van der Waals surface area (Å²) >= 11 is 0.